The van der Waals surface area contributed by atoms with E-state index in [0.29, 0.717) is 11.6 Å². The molecule has 3 heterocycles. The SMILES string of the molecule is CC1CNCCC1NC(=O)c1ccc(N2CCCC2)nn1. The molecule has 114 valence electrons. The van der Waals surface area contributed by atoms with Crippen LogP contribution in [0.25, 0.3) is 0 Å². The van der Waals surface area contributed by atoms with Crippen molar-refractivity contribution in [3.63, 3.8) is 0 Å². The molecule has 0 aliphatic carbocycles. The Morgan fingerprint density at radius 3 is 2.81 bits per heavy atom. The maximum absolute atomic E-state index is 12.2. The number of hydrogen-bond acceptors (Lipinski definition) is 5. The van der Waals surface area contributed by atoms with Gasteiger partial charge in [-0.25, -0.2) is 0 Å². The maximum Gasteiger partial charge on any atom is 0.272 e. The van der Waals surface area contributed by atoms with Crippen molar-refractivity contribution >= 4 is 11.7 Å². The second kappa shape index (κ2) is 6.39. The molecular weight excluding hydrogens is 266 g/mol. The average Bonchev–Trinajstić information content (AvgIpc) is 3.04. The molecule has 3 rings (SSSR count). The van der Waals surface area contributed by atoms with Gasteiger partial charge in [-0.15, -0.1) is 10.2 Å². The highest BCUT2D eigenvalue weighted by molar-refractivity contribution is 5.92. The maximum atomic E-state index is 12.2. The fourth-order valence-electron chi connectivity index (χ4n) is 3.03. The standard InChI is InChI=1S/C15H23N5O/c1-11-10-16-7-6-12(11)17-15(21)13-4-5-14(19-18-13)20-8-2-3-9-20/h4-5,11-12,16H,2-3,6-10H2,1H3,(H,17,21). The summed E-state index contributed by atoms with van der Waals surface area (Å²) in [6, 6.07) is 3.90. The zero-order valence-corrected chi connectivity index (χ0v) is 12.5. The predicted molar refractivity (Wildman–Crippen MR) is 81.4 cm³/mol. The van der Waals surface area contributed by atoms with E-state index in [1.165, 1.54) is 12.8 Å². The number of amides is 1. The van der Waals surface area contributed by atoms with Crippen LogP contribution in [-0.2, 0) is 0 Å². The lowest BCUT2D eigenvalue weighted by atomic mass is 9.95. The first-order valence-electron chi connectivity index (χ1n) is 7.84. The summed E-state index contributed by atoms with van der Waals surface area (Å²) in [6.45, 7) is 6.12. The van der Waals surface area contributed by atoms with Gasteiger partial charge in [0.1, 0.15) is 0 Å². The fourth-order valence-corrected chi connectivity index (χ4v) is 3.03. The van der Waals surface area contributed by atoms with Gasteiger partial charge in [0.2, 0.25) is 0 Å². The third-order valence-electron chi connectivity index (χ3n) is 4.41. The smallest absolute Gasteiger partial charge is 0.272 e. The van der Waals surface area contributed by atoms with Crippen LogP contribution in [0.2, 0.25) is 0 Å². The van der Waals surface area contributed by atoms with Crippen molar-refractivity contribution in [3.05, 3.63) is 17.8 Å². The van der Waals surface area contributed by atoms with Gasteiger partial charge in [0.15, 0.2) is 11.5 Å². The molecule has 2 fully saturated rings. The van der Waals surface area contributed by atoms with E-state index in [0.717, 1.165) is 38.4 Å². The van der Waals surface area contributed by atoms with Crippen LogP contribution in [0, 0.1) is 5.92 Å². The zero-order valence-electron chi connectivity index (χ0n) is 12.5. The molecule has 0 spiro atoms. The summed E-state index contributed by atoms with van der Waals surface area (Å²) >= 11 is 0. The second-order valence-corrected chi connectivity index (χ2v) is 6.02. The summed E-state index contributed by atoms with van der Waals surface area (Å²) in [4.78, 5) is 14.5. The van der Waals surface area contributed by atoms with Crippen molar-refractivity contribution in [1.82, 2.24) is 20.8 Å². The Balaban J connectivity index is 1.61. The molecule has 2 aliphatic heterocycles. The first kappa shape index (κ1) is 14.3. The van der Waals surface area contributed by atoms with E-state index in [1.807, 2.05) is 6.07 Å². The molecule has 0 saturated carbocycles. The molecule has 0 aromatic carbocycles. The summed E-state index contributed by atoms with van der Waals surface area (Å²) < 4.78 is 0. The molecule has 0 bridgehead atoms. The first-order valence-corrected chi connectivity index (χ1v) is 7.84. The van der Waals surface area contributed by atoms with Gasteiger partial charge in [-0.1, -0.05) is 6.92 Å². The molecular formula is C15H23N5O. The van der Waals surface area contributed by atoms with Crippen LogP contribution < -0.4 is 15.5 Å². The van der Waals surface area contributed by atoms with Gasteiger partial charge in [-0.05, 0) is 50.4 Å². The summed E-state index contributed by atoms with van der Waals surface area (Å²) in [5.74, 6) is 1.20. The minimum Gasteiger partial charge on any atom is -0.355 e. The molecule has 6 nitrogen and oxygen atoms in total. The Kier molecular flexibility index (Phi) is 4.34. The summed E-state index contributed by atoms with van der Waals surface area (Å²) in [6.07, 6.45) is 3.38. The predicted octanol–water partition coefficient (Wildman–Crippen LogP) is 0.805. The third-order valence-corrected chi connectivity index (χ3v) is 4.41. The van der Waals surface area contributed by atoms with Crippen molar-refractivity contribution < 1.29 is 4.79 Å². The van der Waals surface area contributed by atoms with E-state index in [-0.39, 0.29) is 11.9 Å². The minimum absolute atomic E-state index is 0.116. The minimum atomic E-state index is -0.116. The van der Waals surface area contributed by atoms with E-state index in [1.54, 1.807) is 6.07 Å². The normalized spacial score (nSPS) is 25.9. The van der Waals surface area contributed by atoms with Gasteiger partial charge in [-0.3, -0.25) is 4.79 Å². The Morgan fingerprint density at radius 1 is 1.33 bits per heavy atom. The number of nitrogens with zero attached hydrogens (tertiary/aromatic N) is 3. The van der Waals surface area contributed by atoms with Crippen LogP contribution in [-0.4, -0.2) is 48.3 Å². The van der Waals surface area contributed by atoms with Crippen LogP contribution in [0.4, 0.5) is 5.82 Å². The molecule has 1 aromatic heterocycles. The Labute approximate surface area is 125 Å². The lowest BCUT2D eigenvalue weighted by Gasteiger charge is -2.30. The van der Waals surface area contributed by atoms with Crippen LogP contribution in [0.15, 0.2) is 12.1 Å². The van der Waals surface area contributed by atoms with E-state index in [2.05, 4.69) is 32.7 Å². The van der Waals surface area contributed by atoms with Crippen molar-refractivity contribution in [2.45, 2.75) is 32.2 Å². The Bertz CT molecular complexity index is 483. The molecule has 6 heteroatoms. The molecule has 2 aliphatic rings. The van der Waals surface area contributed by atoms with Gasteiger partial charge in [-0.2, -0.15) is 0 Å². The highest BCUT2D eigenvalue weighted by atomic mass is 16.2. The third kappa shape index (κ3) is 3.32. The van der Waals surface area contributed by atoms with Crippen LogP contribution >= 0.6 is 0 Å². The monoisotopic (exact) mass is 289 g/mol. The van der Waals surface area contributed by atoms with E-state index in [4.69, 9.17) is 0 Å². The molecule has 21 heavy (non-hydrogen) atoms. The van der Waals surface area contributed by atoms with Gasteiger partial charge in [0.25, 0.3) is 5.91 Å². The van der Waals surface area contributed by atoms with E-state index >= 15 is 0 Å². The van der Waals surface area contributed by atoms with Crippen LogP contribution in [0.3, 0.4) is 0 Å². The van der Waals surface area contributed by atoms with Crippen molar-refractivity contribution in [2.75, 3.05) is 31.1 Å². The lowest BCUT2D eigenvalue weighted by molar-refractivity contribution is 0.0908. The molecule has 1 amide bonds. The van der Waals surface area contributed by atoms with Gasteiger partial charge in [0.05, 0.1) is 0 Å². The molecule has 0 radical (unpaired) electrons. The number of hydrogen-bond donors (Lipinski definition) is 2. The summed E-state index contributed by atoms with van der Waals surface area (Å²) in [5.41, 5.74) is 0.406. The topological polar surface area (TPSA) is 70.2 Å². The first-order chi connectivity index (χ1) is 10.2. The largest absolute Gasteiger partial charge is 0.355 e. The molecule has 2 saturated heterocycles. The summed E-state index contributed by atoms with van der Waals surface area (Å²) in [5, 5.41) is 14.7. The number of rotatable bonds is 3. The van der Waals surface area contributed by atoms with Crippen molar-refractivity contribution in [2.24, 2.45) is 5.92 Å². The number of carbonyl (C=O) groups is 1. The zero-order chi connectivity index (χ0) is 14.7. The molecule has 2 atom stereocenters. The van der Waals surface area contributed by atoms with Gasteiger partial charge in [0, 0.05) is 19.1 Å². The molecule has 1 aromatic rings. The molecule has 2 N–H and O–H groups in total. The van der Waals surface area contributed by atoms with Crippen LogP contribution in [0.1, 0.15) is 36.7 Å². The van der Waals surface area contributed by atoms with E-state index < -0.39 is 0 Å². The van der Waals surface area contributed by atoms with E-state index in [9.17, 15) is 4.79 Å². The number of nitrogens with one attached hydrogen (secondary N) is 2. The average molecular weight is 289 g/mol. The quantitative estimate of drug-likeness (QED) is 0.861. The summed E-state index contributed by atoms with van der Waals surface area (Å²) in [7, 11) is 0. The Morgan fingerprint density at radius 2 is 2.14 bits per heavy atom. The van der Waals surface area contributed by atoms with Crippen molar-refractivity contribution in [1.29, 1.82) is 0 Å². The number of aromatic nitrogens is 2. The number of anilines is 1. The molecule has 2 unspecified atom stereocenters. The second-order valence-electron chi connectivity index (χ2n) is 6.02. The van der Waals surface area contributed by atoms with Crippen molar-refractivity contribution in [3.8, 4) is 0 Å². The number of piperidine rings is 1. The van der Waals surface area contributed by atoms with Gasteiger partial charge >= 0.3 is 0 Å². The highest BCUT2D eigenvalue weighted by Crippen LogP contribution is 2.17. The van der Waals surface area contributed by atoms with Gasteiger partial charge < -0.3 is 15.5 Å². The number of carbonyl (C=O) groups excluding carboxylic acids is 1. The lowest BCUT2D eigenvalue weighted by Crippen LogP contribution is -2.48. The van der Waals surface area contributed by atoms with Crippen LogP contribution in [0.5, 0.6) is 0 Å². The highest BCUT2D eigenvalue weighted by Gasteiger charge is 2.24. The Hall–Kier alpha value is -1.69. The fraction of sp³-hybridized carbons (Fsp3) is 0.667.